The van der Waals surface area contributed by atoms with Crippen LogP contribution in [0, 0.1) is 5.92 Å². The van der Waals surface area contributed by atoms with Crippen molar-refractivity contribution in [3.8, 4) is 0 Å². The molecule has 1 aliphatic heterocycles. The topological polar surface area (TPSA) is 58.8 Å². The van der Waals surface area contributed by atoms with E-state index in [1.807, 2.05) is 35.2 Å². The molecule has 1 aromatic carbocycles. The van der Waals surface area contributed by atoms with Gasteiger partial charge in [0, 0.05) is 32.7 Å². The molecule has 21 heavy (non-hydrogen) atoms. The van der Waals surface area contributed by atoms with Crippen molar-refractivity contribution in [3.63, 3.8) is 0 Å². The summed E-state index contributed by atoms with van der Waals surface area (Å²) in [7, 11) is 2.07. The summed E-state index contributed by atoms with van der Waals surface area (Å²) in [6.45, 7) is 4.46. The molecule has 1 atom stereocenters. The summed E-state index contributed by atoms with van der Waals surface area (Å²) in [5.41, 5.74) is 6.57. The maximum atomic E-state index is 12.0. The van der Waals surface area contributed by atoms with Gasteiger partial charge in [0.1, 0.15) is 6.61 Å². The number of carbonyl (C=O) groups is 1. The number of rotatable bonds is 6. The summed E-state index contributed by atoms with van der Waals surface area (Å²) in [6.07, 6.45) is 0.831. The van der Waals surface area contributed by atoms with Crippen molar-refractivity contribution >= 4 is 6.09 Å². The highest BCUT2D eigenvalue weighted by molar-refractivity contribution is 5.68. The first-order valence-corrected chi connectivity index (χ1v) is 7.53. The van der Waals surface area contributed by atoms with Gasteiger partial charge in [0.15, 0.2) is 0 Å². The summed E-state index contributed by atoms with van der Waals surface area (Å²) in [5.74, 6) is 0.519. The second-order valence-electron chi connectivity index (χ2n) is 5.69. The van der Waals surface area contributed by atoms with Crippen molar-refractivity contribution in [2.24, 2.45) is 11.7 Å². The molecular weight excluding hydrogens is 266 g/mol. The Kier molecular flexibility index (Phi) is 6.02. The summed E-state index contributed by atoms with van der Waals surface area (Å²) in [4.78, 5) is 16.1. The van der Waals surface area contributed by atoms with Gasteiger partial charge in [0.2, 0.25) is 0 Å². The molecule has 0 aromatic heterocycles. The molecule has 2 N–H and O–H groups in total. The van der Waals surface area contributed by atoms with Crippen LogP contribution in [-0.4, -0.2) is 55.7 Å². The van der Waals surface area contributed by atoms with E-state index in [1.165, 1.54) is 0 Å². The molecule has 0 radical (unpaired) electrons. The molecule has 5 nitrogen and oxygen atoms in total. The fourth-order valence-electron chi connectivity index (χ4n) is 2.71. The van der Waals surface area contributed by atoms with Crippen LogP contribution in [0.25, 0.3) is 0 Å². The Balaban J connectivity index is 1.72. The van der Waals surface area contributed by atoms with Gasteiger partial charge in [-0.15, -0.1) is 0 Å². The van der Waals surface area contributed by atoms with E-state index < -0.39 is 0 Å². The molecule has 1 amide bonds. The lowest BCUT2D eigenvalue weighted by molar-refractivity contribution is 0.102. The first-order chi connectivity index (χ1) is 10.2. The van der Waals surface area contributed by atoms with E-state index in [0.29, 0.717) is 19.1 Å². The SMILES string of the molecule is CN(CCN)C[C@@H]1CCN(C(=O)OCc2ccccc2)C1. The minimum absolute atomic E-state index is 0.206. The molecule has 116 valence electrons. The third-order valence-corrected chi connectivity index (χ3v) is 3.83. The zero-order valence-electron chi connectivity index (χ0n) is 12.7. The molecule has 0 bridgehead atoms. The standard InChI is InChI=1S/C16H25N3O2/c1-18(10-8-17)11-15-7-9-19(12-15)16(20)21-13-14-5-3-2-4-6-14/h2-6,15H,7-13,17H2,1H3/t15-/m0/s1. The highest BCUT2D eigenvalue weighted by Crippen LogP contribution is 2.18. The number of nitrogens with zero attached hydrogens (tertiary/aromatic N) is 2. The van der Waals surface area contributed by atoms with Crippen molar-refractivity contribution in [2.45, 2.75) is 13.0 Å². The van der Waals surface area contributed by atoms with Crippen LogP contribution in [-0.2, 0) is 11.3 Å². The fraction of sp³-hybridized carbons (Fsp3) is 0.562. The molecule has 0 spiro atoms. The second-order valence-corrected chi connectivity index (χ2v) is 5.69. The minimum Gasteiger partial charge on any atom is -0.445 e. The van der Waals surface area contributed by atoms with Crippen molar-refractivity contribution in [3.05, 3.63) is 35.9 Å². The Bertz CT molecular complexity index is 438. The van der Waals surface area contributed by atoms with Gasteiger partial charge in [-0.2, -0.15) is 0 Å². The van der Waals surface area contributed by atoms with E-state index in [1.54, 1.807) is 0 Å². The maximum Gasteiger partial charge on any atom is 0.410 e. The predicted octanol–water partition coefficient (Wildman–Crippen LogP) is 1.54. The Hall–Kier alpha value is -1.59. The van der Waals surface area contributed by atoms with Crippen LogP contribution in [0.5, 0.6) is 0 Å². The smallest absolute Gasteiger partial charge is 0.410 e. The van der Waals surface area contributed by atoms with Crippen molar-refractivity contribution in [2.75, 3.05) is 39.8 Å². The Morgan fingerprint density at radius 2 is 2.19 bits per heavy atom. The van der Waals surface area contributed by atoms with Gasteiger partial charge in [-0.1, -0.05) is 30.3 Å². The number of ether oxygens (including phenoxy) is 1. The zero-order valence-corrected chi connectivity index (χ0v) is 12.7. The first-order valence-electron chi connectivity index (χ1n) is 7.53. The molecular formula is C16H25N3O2. The van der Waals surface area contributed by atoms with E-state index >= 15 is 0 Å². The normalized spacial score (nSPS) is 18.2. The van der Waals surface area contributed by atoms with E-state index in [2.05, 4.69) is 11.9 Å². The third-order valence-electron chi connectivity index (χ3n) is 3.83. The summed E-state index contributed by atoms with van der Waals surface area (Å²) < 4.78 is 5.37. The highest BCUT2D eigenvalue weighted by atomic mass is 16.6. The largest absolute Gasteiger partial charge is 0.445 e. The van der Waals surface area contributed by atoms with Crippen LogP contribution >= 0.6 is 0 Å². The van der Waals surface area contributed by atoms with Crippen LogP contribution in [0.1, 0.15) is 12.0 Å². The Labute approximate surface area is 126 Å². The first kappa shape index (κ1) is 15.8. The highest BCUT2D eigenvalue weighted by Gasteiger charge is 2.27. The van der Waals surface area contributed by atoms with E-state index in [9.17, 15) is 4.79 Å². The lowest BCUT2D eigenvalue weighted by Crippen LogP contribution is -2.33. The van der Waals surface area contributed by atoms with Crippen molar-refractivity contribution < 1.29 is 9.53 Å². The molecule has 2 rings (SSSR count). The predicted molar refractivity (Wildman–Crippen MR) is 82.9 cm³/mol. The molecule has 0 aliphatic carbocycles. The van der Waals surface area contributed by atoms with Crippen LogP contribution in [0.15, 0.2) is 30.3 Å². The molecule has 5 heteroatoms. The van der Waals surface area contributed by atoms with E-state index in [0.717, 1.165) is 38.2 Å². The molecule has 1 heterocycles. The lowest BCUT2D eigenvalue weighted by atomic mass is 10.1. The van der Waals surface area contributed by atoms with Gasteiger partial charge in [-0.25, -0.2) is 4.79 Å². The van der Waals surface area contributed by atoms with Crippen molar-refractivity contribution in [1.29, 1.82) is 0 Å². The maximum absolute atomic E-state index is 12.0. The van der Waals surface area contributed by atoms with Gasteiger partial charge in [0.25, 0.3) is 0 Å². The van der Waals surface area contributed by atoms with Crippen LogP contribution in [0.2, 0.25) is 0 Å². The summed E-state index contributed by atoms with van der Waals surface area (Å²) >= 11 is 0. The third kappa shape index (κ3) is 5.02. The van der Waals surface area contributed by atoms with Crippen LogP contribution in [0.3, 0.4) is 0 Å². The Morgan fingerprint density at radius 1 is 1.43 bits per heavy atom. The summed E-state index contributed by atoms with van der Waals surface area (Å²) in [5, 5.41) is 0. The second kappa shape index (κ2) is 8.00. The number of nitrogens with two attached hydrogens (primary N) is 1. The number of carbonyl (C=O) groups excluding carboxylic acids is 1. The fourth-order valence-corrected chi connectivity index (χ4v) is 2.71. The number of benzene rings is 1. The van der Waals surface area contributed by atoms with Crippen LogP contribution < -0.4 is 5.73 Å². The quantitative estimate of drug-likeness (QED) is 0.863. The average molecular weight is 291 g/mol. The number of hydrogen-bond donors (Lipinski definition) is 1. The van der Waals surface area contributed by atoms with Gasteiger partial charge >= 0.3 is 6.09 Å². The molecule has 1 fully saturated rings. The lowest BCUT2D eigenvalue weighted by Gasteiger charge is -2.20. The van der Waals surface area contributed by atoms with Gasteiger partial charge < -0.3 is 20.3 Å². The molecule has 1 saturated heterocycles. The number of amides is 1. The number of likely N-dealkylation sites (tertiary alicyclic amines) is 1. The van der Waals surface area contributed by atoms with Gasteiger partial charge in [0.05, 0.1) is 0 Å². The molecule has 1 aromatic rings. The Morgan fingerprint density at radius 3 is 2.90 bits per heavy atom. The van der Waals surface area contributed by atoms with E-state index in [-0.39, 0.29) is 6.09 Å². The zero-order chi connectivity index (χ0) is 15.1. The van der Waals surface area contributed by atoms with Gasteiger partial charge in [-0.3, -0.25) is 0 Å². The monoisotopic (exact) mass is 291 g/mol. The summed E-state index contributed by atoms with van der Waals surface area (Å²) in [6, 6.07) is 9.77. The number of hydrogen-bond acceptors (Lipinski definition) is 4. The van der Waals surface area contributed by atoms with Gasteiger partial charge in [-0.05, 0) is 24.9 Å². The van der Waals surface area contributed by atoms with Crippen LogP contribution in [0.4, 0.5) is 4.79 Å². The molecule has 0 saturated carbocycles. The average Bonchev–Trinajstić information content (AvgIpc) is 2.94. The van der Waals surface area contributed by atoms with Crippen molar-refractivity contribution in [1.82, 2.24) is 9.80 Å². The van der Waals surface area contributed by atoms with E-state index in [4.69, 9.17) is 10.5 Å². The molecule has 0 unspecified atom stereocenters. The minimum atomic E-state index is -0.206. The number of likely N-dealkylation sites (N-methyl/N-ethyl adjacent to an activating group) is 1. The molecule has 1 aliphatic rings.